The van der Waals surface area contributed by atoms with Crippen molar-refractivity contribution in [3.8, 4) is 5.75 Å². The summed E-state index contributed by atoms with van der Waals surface area (Å²) in [4.78, 5) is 10.1. The Bertz CT molecular complexity index is 320. The van der Waals surface area contributed by atoms with Gasteiger partial charge < -0.3 is 14.9 Å². The van der Waals surface area contributed by atoms with Crippen LogP contribution in [0.4, 0.5) is 0 Å². The summed E-state index contributed by atoms with van der Waals surface area (Å²) in [6, 6.07) is 6.72. The molecule has 1 aromatic rings. The standard InChI is InChI=1S/C10H11O4/c1-14-9-4-2-3-8(5-9)6-10(12,13)7-11/h2-5,12-13H,6H2,1H3. The third-order valence-corrected chi connectivity index (χ3v) is 1.75. The predicted molar refractivity (Wildman–Crippen MR) is 49.6 cm³/mol. The Balaban J connectivity index is 2.81. The van der Waals surface area contributed by atoms with Crippen LogP contribution in [-0.2, 0) is 11.2 Å². The highest BCUT2D eigenvalue weighted by Gasteiger charge is 2.23. The largest absolute Gasteiger partial charge is 0.497 e. The summed E-state index contributed by atoms with van der Waals surface area (Å²) in [6.45, 7) is 0. The molecule has 0 spiro atoms. The first-order valence-electron chi connectivity index (χ1n) is 4.04. The van der Waals surface area contributed by atoms with Gasteiger partial charge in [0.2, 0.25) is 5.79 Å². The van der Waals surface area contributed by atoms with Gasteiger partial charge in [-0.15, -0.1) is 0 Å². The second-order valence-electron chi connectivity index (χ2n) is 2.95. The molecule has 0 aromatic heterocycles. The Labute approximate surface area is 81.8 Å². The summed E-state index contributed by atoms with van der Waals surface area (Å²) >= 11 is 0. The van der Waals surface area contributed by atoms with Crippen LogP contribution in [0.2, 0.25) is 0 Å². The summed E-state index contributed by atoms with van der Waals surface area (Å²) in [7, 11) is 1.51. The summed E-state index contributed by atoms with van der Waals surface area (Å²) in [5, 5.41) is 18.1. The summed E-state index contributed by atoms with van der Waals surface area (Å²) < 4.78 is 4.94. The first-order chi connectivity index (χ1) is 6.57. The number of rotatable bonds is 4. The van der Waals surface area contributed by atoms with E-state index in [9.17, 15) is 4.79 Å². The van der Waals surface area contributed by atoms with Crippen molar-refractivity contribution in [3.05, 3.63) is 29.8 Å². The van der Waals surface area contributed by atoms with E-state index in [1.165, 1.54) is 7.11 Å². The van der Waals surface area contributed by atoms with Crippen LogP contribution < -0.4 is 4.74 Å². The minimum absolute atomic E-state index is 0.201. The number of hydrogen-bond acceptors (Lipinski definition) is 4. The molecule has 1 aromatic carbocycles. The first-order valence-corrected chi connectivity index (χ1v) is 4.04. The van der Waals surface area contributed by atoms with Crippen LogP contribution in [-0.4, -0.2) is 29.4 Å². The molecule has 75 valence electrons. The molecule has 0 unspecified atom stereocenters. The average Bonchev–Trinajstić information content (AvgIpc) is 2.17. The molecule has 0 aliphatic carbocycles. The fourth-order valence-corrected chi connectivity index (χ4v) is 1.10. The monoisotopic (exact) mass is 195 g/mol. The minimum atomic E-state index is -2.42. The third-order valence-electron chi connectivity index (χ3n) is 1.75. The van der Waals surface area contributed by atoms with Crippen molar-refractivity contribution in [2.24, 2.45) is 0 Å². The Hall–Kier alpha value is -1.39. The first kappa shape index (κ1) is 10.7. The fraction of sp³-hybridized carbons (Fsp3) is 0.300. The highest BCUT2D eigenvalue weighted by molar-refractivity contribution is 5.60. The van der Waals surface area contributed by atoms with E-state index in [1.807, 2.05) is 0 Å². The Morgan fingerprint density at radius 3 is 2.79 bits per heavy atom. The number of ether oxygens (including phenoxy) is 1. The van der Waals surface area contributed by atoms with Gasteiger partial charge >= 0.3 is 0 Å². The van der Waals surface area contributed by atoms with Crippen LogP contribution in [0.25, 0.3) is 0 Å². The lowest BCUT2D eigenvalue weighted by Gasteiger charge is -2.13. The van der Waals surface area contributed by atoms with Gasteiger partial charge in [-0.1, -0.05) is 12.1 Å². The summed E-state index contributed by atoms with van der Waals surface area (Å²) in [5.41, 5.74) is 0.595. The molecule has 0 aliphatic heterocycles. The van der Waals surface area contributed by atoms with E-state index in [0.717, 1.165) is 6.29 Å². The molecule has 1 radical (unpaired) electrons. The van der Waals surface area contributed by atoms with Crippen LogP contribution in [0.15, 0.2) is 24.3 Å². The van der Waals surface area contributed by atoms with Crippen LogP contribution in [0.5, 0.6) is 5.75 Å². The maximum absolute atomic E-state index is 10.1. The van der Waals surface area contributed by atoms with Crippen molar-refractivity contribution < 1.29 is 19.7 Å². The molecule has 0 heterocycles. The Morgan fingerprint density at radius 2 is 2.21 bits per heavy atom. The van der Waals surface area contributed by atoms with Gasteiger partial charge in [0.05, 0.1) is 7.11 Å². The molecule has 4 heteroatoms. The second-order valence-corrected chi connectivity index (χ2v) is 2.95. The molecule has 0 bridgehead atoms. The quantitative estimate of drug-likeness (QED) is 0.665. The van der Waals surface area contributed by atoms with E-state index >= 15 is 0 Å². The molecule has 0 saturated heterocycles. The maximum atomic E-state index is 10.1. The number of benzene rings is 1. The number of methoxy groups -OCH3 is 1. The SMILES string of the molecule is COc1cccc(CC(O)(O)[C]=O)c1. The van der Waals surface area contributed by atoms with Crippen LogP contribution in [0.3, 0.4) is 0 Å². The van der Waals surface area contributed by atoms with Crippen LogP contribution >= 0.6 is 0 Å². The van der Waals surface area contributed by atoms with Gasteiger partial charge in [-0.05, 0) is 17.7 Å². The van der Waals surface area contributed by atoms with Gasteiger partial charge in [0.25, 0.3) is 6.29 Å². The minimum Gasteiger partial charge on any atom is -0.497 e. The number of hydrogen-bond donors (Lipinski definition) is 2. The lowest BCUT2D eigenvalue weighted by atomic mass is 10.1. The van der Waals surface area contributed by atoms with Crippen molar-refractivity contribution in [3.63, 3.8) is 0 Å². The van der Waals surface area contributed by atoms with Gasteiger partial charge in [0, 0.05) is 6.42 Å². The van der Waals surface area contributed by atoms with Gasteiger partial charge in [-0.2, -0.15) is 0 Å². The zero-order chi connectivity index (χ0) is 10.6. The van der Waals surface area contributed by atoms with E-state index in [-0.39, 0.29) is 6.42 Å². The Morgan fingerprint density at radius 1 is 1.50 bits per heavy atom. The second kappa shape index (κ2) is 4.21. The van der Waals surface area contributed by atoms with Crippen molar-refractivity contribution in [1.82, 2.24) is 0 Å². The third kappa shape index (κ3) is 2.83. The van der Waals surface area contributed by atoms with Crippen molar-refractivity contribution in [2.45, 2.75) is 12.2 Å². The molecular weight excluding hydrogens is 184 g/mol. The van der Waals surface area contributed by atoms with E-state index in [4.69, 9.17) is 14.9 Å². The van der Waals surface area contributed by atoms with Gasteiger partial charge in [-0.25, -0.2) is 0 Å². The molecule has 14 heavy (non-hydrogen) atoms. The maximum Gasteiger partial charge on any atom is 0.263 e. The summed E-state index contributed by atoms with van der Waals surface area (Å²) in [5.74, 6) is -1.82. The molecule has 2 N–H and O–H groups in total. The lowest BCUT2D eigenvalue weighted by molar-refractivity contribution is -0.0980. The van der Waals surface area contributed by atoms with Gasteiger partial charge in [0.15, 0.2) is 0 Å². The smallest absolute Gasteiger partial charge is 0.263 e. The molecule has 0 aliphatic rings. The predicted octanol–water partition coefficient (Wildman–Crippen LogP) is 0.0283. The Kier molecular flexibility index (Phi) is 3.22. The highest BCUT2D eigenvalue weighted by Crippen LogP contribution is 2.15. The van der Waals surface area contributed by atoms with E-state index in [2.05, 4.69) is 0 Å². The molecule has 0 atom stereocenters. The fourth-order valence-electron chi connectivity index (χ4n) is 1.10. The normalized spacial score (nSPS) is 11.1. The van der Waals surface area contributed by atoms with Crippen molar-refractivity contribution >= 4 is 6.29 Å². The molecule has 0 fully saturated rings. The van der Waals surface area contributed by atoms with Crippen molar-refractivity contribution in [1.29, 1.82) is 0 Å². The average molecular weight is 195 g/mol. The molecule has 4 nitrogen and oxygen atoms in total. The van der Waals surface area contributed by atoms with E-state index in [0.29, 0.717) is 11.3 Å². The number of aliphatic hydroxyl groups is 2. The van der Waals surface area contributed by atoms with E-state index in [1.54, 1.807) is 24.3 Å². The molecular formula is C10H11O4. The number of carbonyl (C=O) groups excluding carboxylic acids is 1. The summed E-state index contributed by atoms with van der Waals surface area (Å²) in [6.07, 6.45) is 0.947. The lowest BCUT2D eigenvalue weighted by Crippen LogP contribution is -2.32. The van der Waals surface area contributed by atoms with Crippen LogP contribution in [0, 0.1) is 0 Å². The van der Waals surface area contributed by atoms with Gasteiger partial charge in [0.1, 0.15) is 5.75 Å². The zero-order valence-electron chi connectivity index (χ0n) is 7.73. The van der Waals surface area contributed by atoms with Gasteiger partial charge in [-0.3, -0.25) is 4.79 Å². The topological polar surface area (TPSA) is 66.8 Å². The highest BCUT2D eigenvalue weighted by atomic mass is 16.5. The molecule has 0 saturated carbocycles. The van der Waals surface area contributed by atoms with Crippen LogP contribution in [0.1, 0.15) is 5.56 Å². The molecule has 1 rings (SSSR count). The molecule has 0 amide bonds. The van der Waals surface area contributed by atoms with E-state index < -0.39 is 5.79 Å². The van der Waals surface area contributed by atoms with Crippen molar-refractivity contribution in [2.75, 3.05) is 7.11 Å². The zero-order valence-corrected chi connectivity index (χ0v) is 7.73.